The Morgan fingerprint density at radius 2 is 2.08 bits per heavy atom. The lowest BCUT2D eigenvalue weighted by atomic mass is 10.1. The zero-order chi connectivity index (χ0) is 26.2. The smallest absolute Gasteiger partial charge is 0.140 e. The zero-order valence-corrected chi connectivity index (χ0v) is 21.5. The predicted molar refractivity (Wildman–Crippen MR) is 149 cm³/mol. The molecular formula is C28H32N8O2. The molecule has 196 valence electrons. The molecule has 0 radical (unpaired) electrons. The number of imidazole rings is 1. The van der Waals surface area contributed by atoms with Gasteiger partial charge in [-0.3, -0.25) is 14.3 Å². The molecule has 0 aliphatic carbocycles. The van der Waals surface area contributed by atoms with Crippen molar-refractivity contribution < 1.29 is 9.47 Å². The van der Waals surface area contributed by atoms with Gasteiger partial charge in [0.15, 0.2) is 0 Å². The maximum atomic E-state index is 5.96. The molecule has 3 N–H and O–H groups in total. The van der Waals surface area contributed by atoms with Gasteiger partial charge in [-0.15, -0.1) is 0 Å². The summed E-state index contributed by atoms with van der Waals surface area (Å²) in [7, 11) is 1.73. The Labute approximate surface area is 221 Å². The third-order valence-corrected chi connectivity index (χ3v) is 6.34. The summed E-state index contributed by atoms with van der Waals surface area (Å²) in [6, 6.07) is 14.0. The number of hydrogen-bond acceptors (Lipinski definition) is 9. The van der Waals surface area contributed by atoms with Crippen LogP contribution in [0.3, 0.4) is 0 Å². The molecule has 1 aromatic carbocycles. The summed E-state index contributed by atoms with van der Waals surface area (Å²) < 4.78 is 13.4. The molecule has 38 heavy (non-hydrogen) atoms. The second-order valence-electron chi connectivity index (χ2n) is 8.94. The number of fused-ring (bicyclic) bond motifs is 1. The molecule has 0 saturated carbocycles. The van der Waals surface area contributed by atoms with E-state index < -0.39 is 0 Å². The van der Waals surface area contributed by atoms with E-state index in [-0.39, 0.29) is 0 Å². The van der Waals surface area contributed by atoms with Gasteiger partial charge in [0.25, 0.3) is 0 Å². The van der Waals surface area contributed by atoms with Crippen LogP contribution in [0.25, 0.3) is 22.6 Å². The molecule has 0 spiro atoms. The molecule has 1 aliphatic heterocycles. The molecule has 0 bridgehead atoms. The average molecular weight is 513 g/mol. The van der Waals surface area contributed by atoms with Crippen molar-refractivity contribution in [1.82, 2.24) is 24.3 Å². The van der Waals surface area contributed by atoms with Gasteiger partial charge in [0.05, 0.1) is 24.3 Å². The zero-order valence-electron chi connectivity index (χ0n) is 21.5. The van der Waals surface area contributed by atoms with E-state index in [1.54, 1.807) is 25.8 Å². The number of rotatable bonds is 10. The van der Waals surface area contributed by atoms with Crippen LogP contribution in [0.5, 0.6) is 5.75 Å². The van der Waals surface area contributed by atoms with Gasteiger partial charge in [-0.05, 0) is 23.6 Å². The molecule has 10 heteroatoms. The fourth-order valence-electron chi connectivity index (χ4n) is 4.31. The number of hydrogen-bond donors (Lipinski definition) is 2. The fraction of sp³-hybridized carbons (Fsp3) is 0.286. The Balaban J connectivity index is 1.22. The fourth-order valence-corrected chi connectivity index (χ4v) is 4.31. The summed E-state index contributed by atoms with van der Waals surface area (Å²) in [6.45, 7) is 4.64. The largest absolute Gasteiger partial charge is 0.492 e. The van der Waals surface area contributed by atoms with E-state index in [1.807, 2.05) is 47.1 Å². The van der Waals surface area contributed by atoms with Crippen molar-refractivity contribution in [1.29, 1.82) is 0 Å². The molecule has 3 aromatic heterocycles. The molecule has 0 unspecified atom stereocenters. The number of allylic oxidation sites excluding steroid dienone is 1. The summed E-state index contributed by atoms with van der Waals surface area (Å²) in [5.74, 6) is 1.52. The van der Waals surface area contributed by atoms with Crippen LogP contribution in [0, 0.1) is 0 Å². The normalized spacial score (nSPS) is 14.8. The van der Waals surface area contributed by atoms with E-state index in [0.717, 1.165) is 71.4 Å². The van der Waals surface area contributed by atoms with Gasteiger partial charge in [0.2, 0.25) is 0 Å². The van der Waals surface area contributed by atoms with E-state index in [0.29, 0.717) is 19.9 Å². The van der Waals surface area contributed by atoms with Crippen molar-refractivity contribution in [2.45, 2.75) is 13.0 Å². The minimum absolute atomic E-state index is 0.606. The lowest BCUT2D eigenvalue weighted by Crippen LogP contribution is -2.36. The molecule has 1 fully saturated rings. The third-order valence-electron chi connectivity index (χ3n) is 6.34. The molecule has 4 heterocycles. The standard InChI is InChI=1S/C28H32N8O2/c1-30-17-23(15-29)22-5-3-21(4-6-22)16-31-27-14-25(33-19-34-27)26-18-32-28-13-24(7-9-36(26)28)38-12-10-35-8-2-11-37-20-35/h3-7,9,13-15,17-19H,2,8,10-12,16,20,29H2,1H3,(H,31,33,34). The first-order valence-electron chi connectivity index (χ1n) is 12.6. The van der Waals surface area contributed by atoms with Crippen LogP contribution < -0.4 is 15.8 Å². The molecule has 4 aromatic rings. The number of ether oxygens (including phenoxy) is 2. The van der Waals surface area contributed by atoms with E-state index in [9.17, 15) is 0 Å². The maximum Gasteiger partial charge on any atom is 0.140 e. The highest BCUT2D eigenvalue weighted by molar-refractivity contribution is 6.09. The van der Waals surface area contributed by atoms with Crippen molar-refractivity contribution in [3.8, 4) is 17.1 Å². The van der Waals surface area contributed by atoms with Gasteiger partial charge >= 0.3 is 0 Å². The first kappa shape index (κ1) is 25.4. The number of nitrogens with two attached hydrogens (primary N) is 1. The van der Waals surface area contributed by atoms with Gasteiger partial charge in [-0.1, -0.05) is 24.3 Å². The van der Waals surface area contributed by atoms with Crippen molar-refractivity contribution >= 4 is 23.3 Å². The summed E-state index contributed by atoms with van der Waals surface area (Å²) in [5.41, 5.74) is 11.2. The molecule has 0 amide bonds. The maximum absolute atomic E-state index is 5.96. The van der Waals surface area contributed by atoms with Crippen LogP contribution >= 0.6 is 0 Å². The Morgan fingerprint density at radius 1 is 1.18 bits per heavy atom. The van der Waals surface area contributed by atoms with Crippen LogP contribution in [-0.4, -0.2) is 70.5 Å². The van der Waals surface area contributed by atoms with E-state index >= 15 is 0 Å². The van der Waals surface area contributed by atoms with E-state index in [2.05, 4.69) is 42.3 Å². The van der Waals surface area contributed by atoms with Crippen LogP contribution in [0.1, 0.15) is 17.5 Å². The van der Waals surface area contributed by atoms with E-state index in [4.69, 9.17) is 15.2 Å². The first-order valence-corrected chi connectivity index (χ1v) is 12.6. The van der Waals surface area contributed by atoms with Gasteiger partial charge in [-0.25, -0.2) is 15.0 Å². The molecule has 1 saturated heterocycles. The molecular weight excluding hydrogens is 480 g/mol. The number of nitrogens with one attached hydrogen (secondary N) is 1. The number of anilines is 1. The summed E-state index contributed by atoms with van der Waals surface area (Å²) in [4.78, 5) is 19.7. The average Bonchev–Trinajstić information content (AvgIpc) is 3.39. The van der Waals surface area contributed by atoms with Gasteiger partial charge in [-0.2, -0.15) is 0 Å². The summed E-state index contributed by atoms with van der Waals surface area (Å²) in [5, 5.41) is 3.38. The summed E-state index contributed by atoms with van der Waals surface area (Å²) >= 11 is 0. The highest BCUT2D eigenvalue weighted by atomic mass is 16.5. The first-order chi connectivity index (χ1) is 18.7. The van der Waals surface area contributed by atoms with Gasteiger partial charge < -0.3 is 20.5 Å². The second kappa shape index (κ2) is 12.3. The number of pyridine rings is 1. The van der Waals surface area contributed by atoms with Crippen molar-refractivity contribution in [3.63, 3.8) is 0 Å². The Morgan fingerprint density at radius 3 is 2.87 bits per heavy atom. The molecule has 0 atom stereocenters. The minimum atomic E-state index is 0.606. The van der Waals surface area contributed by atoms with Crippen LogP contribution in [-0.2, 0) is 11.3 Å². The third kappa shape index (κ3) is 6.16. The monoisotopic (exact) mass is 512 g/mol. The number of aliphatic imine (C=N–C) groups is 1. The number of benzene rings is 1. The molecule has 10 nitrogen and oxygen atoms in total. The lowest BCUT2D eigenvalue weighted by molar-refractivity contribution is -0.0181. The molecule has 5 rings (SSSR count). The Hall–Kier alpha value is -4.28. The Kier molecular flexibility index (Phi) is 8.22. The topological polar surface area (TPSA) is 115 Å². The van der Waals surface area contributed by atoms with Crippen LogP contribution in [0.15, 0.2) is 72.4 Å². The molecule has 1 aliphatic rings. The summed E-state index contributed by atoms with van der Waals surface area (Å²) in [6.07, 6.45) is 9.71. The lowest BCUT2D eigenvalue weighted by Gasteiger charge is -2.26. The van der Waals surface area contributed by atoms with Crippen molar-refractivity contribution in [3.05, 3.63) is 78.5 Å². The highest BCUT2D eigenvalue weighted by Crippen LogP contribution is 2.23. The predicted octanol–water partition coefficient (Wildman–Crippen LogP) is 3.46. The van der Waals surface area contributed by atoms with Crippen molar-refractivity contribution in [2.75, 3.05) is 45.4 Å². The van der Waals surface area contributed by atoms with Gasteiger partial charge in [0, 0.05) is 69.6 Å². The number of aromatic nitrogens is 4. The number of nitrogens with zero attached hydrogens (tertiary/aromatic N) is 6. The van der Waals surface area contributed by atoms with Crippen LogP contribution in [0.2, 0.25) is 0 Å². The van der Waals surface area contributed by atoms with Gasteiger partial charge in [0.1, 0.15) is 30.1 Å². The van der Waals surface area contributed by atoms with E-state index in [1.165, 1.54) is 0 Å². The quantitative estimate of drug-likeness (QED) is 0.311. The van der Waals surface area contributed by atoms with Crippen molar-refractivity contribution in [2.24, 2.45) is 10.7 Å². The Bertz CT molecular complexity index is 1410. The highest BCUT2D eigenvalue weighted by Gasteiger charge is 2.12. The minimum Gasteiger partial charge on any atom is -0.492 e. The SMILES string of the molecule is CN=CC(=CN)c1ccc(CNc2cc(-c3cnc4cc(OCCN5CCCOC5)ccn34)ncn2)cc1. The van der Waals surface area contributed by atoms with Crippen LogP contribution in [0.4, 0.5) is 5.82 Å². The second-order valence-corrected chi connectivity index (χ2v) is 8.94.